The molecule has 1 aliphatic heterocycles. The van der Waals surface area contributed by atoms with Crippen molar-refractivity contribution in [1.82, 2.24) is 0 Å². The normalized spacial score (nSPS) is 14.9. The van der Waals surface area contributed by atoms with E-state index in [0.29, 0.717) is 38.7 Å². The first-order chi connectivity index (χ1) is 12.9. The molecule has 3 rings (SSSR count). The van der Waals surface area contributed by atoms with Crippen molar-refractivity contribution in [2.75, 3.05) is 13.7 Å². The summed E-state index contributed by atoms with van der Waals surface area (Å²) in [5, 5.41) is 0.466. The molecule has 0 spiro atoms. The Morgan fingerprint density at radius 1 is 1.33 bits per heavy atom. The van der Waals surface area contributed by atoms with Crippen molar-refractivity contribution in [3.8, 4) is 11.5 Å². The minimum Gasteiger partial charge on any atom is -0.493 e. The third-order valence-corrected chi connectivity index (χ3v) is 5.21. The molecule has 8 heteroatoms. The van der Waals surface area contributed by atoms with E-state index in [2.05, 4.69) is 43.5 Å². The molecule has 0 atom stereocenters. The number of hydrogen-bond donors (Lipinski definition) is 0. The molecule has 0 radical (unpaired) electrons. The van der Waals surface area contributed by atoms with Gasteiger partial charge in [0.05, 0.1) is 28.8 Å². The zero-order valence-corrected chi connectivity index (χ0v) is 18.9. The second kappa shape index (κ2) is 8.62. The summed E-state index contributed by atoms with van der Waals surface area (Å²) in [6.07, 6.45) is 1.63. The highest BCUT2D eigenvalue weighted by Gasteiger charge is 2.26. The maximum absolute atomic E-state index is 12.2. The maximum atomic E-state index is 12.2. The zero-order chi connectivity index (χ0) is 19.6. The number of methoxy groups -OCH3 is 1. The number of ether oxygens (including phenoxy) is 3. The predicted octanol–water partition coefficient (Wildman–Crippen LogP) is 5.46. The van der Waals surface area contributed by atoms with Crippen LogP contribution in [0.5, 0.6) is 11.5 Å². The summed E-state index contributed by atoms with van der Waals surface area (Å²) in [5.41, 5.74) is 1.47. The van der Waals surface area contributed by atoms with Gasteiger partial charge in [-0.1, -0.05) is 11.6 Å². The number of carbonyl (C=O) groups is 1. The van der Waals surface area contributed by atoms with Gasteiger partial charge in [0.25, 0.3) is 0 Å². The summed E-state index contributed by atoms with van der Waals surface area (Å²) >= 11 is 11.8. The molecule has 0 aromatic heterocycles. The van der Waals surface area contributed by atoms with E-state index in [1.807, 2.05) is 25.1 Å². The lowest BCUT2D eigenvalue weighted by molar-refractivity contribution is -0.129. The van der Waals surface area contributed by atoms with Gasteiger partial charge in [-0.05, 0) is 87.4 Å². The molecular formula is C19H14BrClINO4. The van der Waals surface area contributed by atoms with Crippen molar-refractivity contribution in [3.63, 3.8) is 0 Å². The van der Waals surface area contributed by atoms with Gasteiger partial charge >= 0.3 is 5.97 Å². The topological polar surface area (TPSA) is 57.1 Å². The molecule has 1 aliphatic rings. The number of nitrogens with zero attached hydrogens (tertiary/aromatic N) is 1. The number of esters is 1. The summed E-state index contributed by atoms with van der Waals surface area (Å²) < 4.78 is 17.9. The molecule has 1 heterocycles. The highest BCUT2D eigenvalue weighted by Crippen LogP contribution is 2.37. The number of benzene rings is 2. The number of aliphatic imine (C=N–C) groups is 1. The average molecular weight is 563 g/mol. The van der Waals surface area contributed by atoms with Crippen molar-refractivity contribution in [1.29, 1.82) is 0 Å². The molecular weight excluding hydrogens is 548 g/mol. The fourth-order valence-electron chi connectivity index (χ4n) is 2.45. The molecule has 0 N–H and O–H groups in total. The SMILES string of the molecule is CCOc1c(Br)cc(/C=C2\N=C(c3cc(I)ccc3Cl)OC2=O)cc1OC. The largest absolute Gasteiger partial charge is 0.493 e. The lowest BCUT2D eigenvalue weighted by Crippen LogP contribution is -2.06. The average Bonchev–Trinajstić information content (AvgIpc) is 2.99. The standard InChI is InChI=1S/C19H14BrClINO4/c1-3-26-17-13(20)6-10(8-16(17)25-2)7-15-19(24)27-18(23-15)12-9-11(22)4-5-14(12)21/h4-9H,3H2,1-2H3/b15-7-. The van der Waals surface area contributed by atoms with E-state index in [0.717, 1.165) is 3.57 Å². The Balaban J connectivity index is 2.00. The van der Waals surface area contributed by atoms with Crippen molar-refractivity contribution in [2.24, 2.45) is 4.99 Å². The smallest absolute Gasteiger partial charge is 0.363 e. The van der Waals surface area contributed by atoms with Crippen LogP contribution in [-0.4, -0.2) is 25.6 Å². The van der Waals surface area contributed by atoms with E-state index in [4.69, 9.17) is 25.8 Å². The third-order valence-electron chi connectivity index (χ3n) is 3.62. The fraction of sp³-hybridized carbons (Fsp3) is 0.158. The van der Waals surface area contributed by atoms with E-state index in [9.17, 15) is 4.79 Å². The van der Waals surface area contributed by atoms with Crippen LogP contribution in [0.1, 0.15) is 18.1 Å². The molecule has 5 nitrogen and oxygen atoms in total. The Kier molecular flexibility index (Phi) is 6.44. The van der Waals surface area contributed by atoms with Crippen LogP contribution in [0.25, 0.3) is 6.08 Å². The lowest BCUT2D eigenvalue weighted by Gasteiger charge is -2.12. The predicted molar refractivity (Wildman–Crippen MR) is 117 cm³/mol. The summed E-state index contributed by atoms with van der Waals surface area (Å²) in [6, 6.07) is 9.01. The number of halogens is 3. The van der Waals surface area contributed by atoms with E-state index in [-0.39, 0.29) is 11.6 Å². The van der Waals surface area contributed by atoms with Crippen LogP contribution in [0.2, 0.25) is 5.02 Å². The van der Waals surface area contributed by atoms with Gasteiger partial charge in [0.2, 0.25) is 5.90 Å². The van der Waals surface area contributed by atoms with Crippen molar-refractivity contribution in [3.05, 3.63) is 60.2 Å². The number of carbonyl (C=O) groups excluding carboxylic acids is 1. The van der Waals surface area contributed by atoms with Crippen LogP contribution in [-0.2, 0) is 9.53 Å². The minimum absolute atomic E-state index is 0.179. The van der Waals surface area contributed by atoms with E-state index in [1.54, 1.807) is 25.3 Å². The number of rotatable bonds is 5. The molecule has 2 aromatic rings. The molecule has 0 saturated heterocycles. The van der Waals surface area contributed by atoms with Crippen molar-refractivity contribution < 1.29 is 19.0 Å². The van der Waals surface area contributed by atoms with Gasteiger partial charge in [0.15, 0.2) is 17.2 Å². The van der Waals surface area contributed by atoms with Crippen molar-refractivity contribution >= 4 is 68.1 Å². The molecule has 0 amide bonds. The van der Waals surface area contributed by atoms with Crippen molar-refractivity contribution in [2.45, 2.75) is 6.92 Å². The van der Waals surface area contributed by atoms with Crippen LogP contribution in [0, 0.1) is 3.57 Å². The highest BCUT2D eigenvalue weighted by atomic mass is 127. The Bertz CT molecular complexity index is 974. The Morgan fingerprint density at radius 2 is 2.11 bits per heavy atom. The van der Waals surface area contributed by atoms with E-state index in [1.165, 1.54) is 0 Å². The Labute approximate surface area is 183 Å². The highest BCUT2D eigenvalue weighted by molar-refractivity contribution is 14.1. The maximum Gasteiger partial charge on any atom is 0.363 e. The minimum atomic E-state index is -0.538. The van der Waals surface area contributed by atoms with E-state index < -0.39 is 5.97 Å². The first-order valence-electron chi connectivity index (χ1n) is 7.91. The van der Waals surface area contributed by atoms with E-state index >= 15 is 0 Å². The summed E-state index contributed by atoms with van der Waals surface area (Å²) in [4.78, 5) is 16.6. The second-order valence-electron chi connectivity index (χ2n) is 5.43. The second-order valence-corrected chi connectivity index (χ2v) is 7.93. The van der Waals surface area contributed by atoms with Gasteiger partial charge in [-0.25, -0.2) is 9.79 Å². The number of cyclic esters (lactones) is 1. The van der Waals surface area contributed by atoms with Gasteiger partial charge in [-0.3, -0.25) is 0 Å². The summed E-state index contributed by atoms with van der Waals surface area (Å²) in [7, 11) is 1.56. The van der Waals surface area contributed by atoms with Gasteiger partial charge in [-0.2, -0.15) is 0 Å². The Hall–Kier alpha value is -1.58. The quantitative estimate of drug-likeness (QED) is 0.276. The van der Waals surface area contributed by atoms with Crippen LogP contribution < -0.4 is 9.47 Å². The number of hydrogen-bond acceptors (Lipinski definition) is 5. The first-order valence-corrected chi connectivity index (χ1v) is 10.2. The first kappa shape index (κ1) is 20.2. The lowest BCUT2D eigenvalue weighted by atomic mass is 10.1. The molecule has 0 aliphatic carbocycles. The molecule has 0 saturated carbocycles. The van der Waals surface area contributed by atoms with Gasteiger partial charge in [0.1, 0.15) is 0 Å². The molecule has 27 heavy (non-hydrogen) atoms. The summed E-state index contributed by atoms with van der Waals surface area (Å²) in [5.74, 6) is 0.802. The van der Waals surface area contributed by atoms with Crippen LogP contribution >= 0.6 is 50.1 Å². The monoisotopic (exact) mass is 561 g/mol. The molecule has 0 fully saturated rings. The van der Waals surface area contributed by atoms with Crippen LogP contribution in [0.4, 0.5) is 0 Å². The zero-order valence-electron chi connectivity index (χ0n) is 14.4. The van der Waals surface area contributed by atoms with Gasteiger partial charge in [0, 0.05) is 3.57 Å². The van der Waals surface area contributed by atoms with Gasteiger partial charge < -0.3 is 14.2 Å². The third kappa shape index (κ3) is 4.47. The molecule has 140 valence electrons. The van der Waals surface area contributed by atoms with Gasteiger partial charge in [-0.15, -0.1) is 0 Å². The molecule has 0 bridgehead atoms. The van der Waals surface area contributed by atoms with Crippen LogP contribution in [0.3, 0.4) is 0 Å². The Morgan fingerprint density at radius 3 is 2.81 bits per heavy atom. The molecule has 0 unspecified atom stereocenters. The molecule has 2 aromatic carbocycles. The van der Waals surface area contributed by atoms with Crippen LogP contribution in [0.15, 0.2) is 45.5 Å². The fourth-order valence-corrected chi connectivity index (χ4v) is 3.71. The summed E-state index contributed by atoms with van der Waals surface area (Å²) in [6.45, 7) is 2.40.